The van der Waals surface area contributed by atoms with E-state index in [0.717, 1.165) is 38.2 Å². The van der Waals surface area contributed by atoms with Crippen LogP contribution >= 0.6 is 0 Å². The normalized spacial score (nSPS) is 22.0. The van der Waals surface area contributed by atoms with Gasteiger partial charge in [0.2, 0.25) is 0 Å². The summed E-state index contributed by atoms with van der Waals surface area (Å²) in [5, 5.41) is 0. The zero-order valence-corrected chi connectivity index (χ0v) is 15.4. The minimum atomic E-state index is -0.245. The summed E-state index contributed by atoms with van der Waals surface area (Å²) in [5.74, 6) is 0. The third-order valence-electron chi connectivity index (χ3n) is 5.20. The van der Waals surface area contributed by atoms with Crippen LogP contribution in [0.25, 0.3) is 0 Å². The van der Waals surface area contributed by atoms with Gasteiger partial charge in [-0.05, 0) is 29.4 Å². The summed E-state index contributed by atoms with van der Waals surface area (Å²) in [6.07, 6.45) is 1.73. The highest BCUT2D eigenvalue weighted by Gasteiger charge is 2.36. The second-order valence-electron chi connectivity index (χ2n) is 7.99. The Bertz CT molecular complexity index is 544. The van der Waals surface area contributed by atoms with Crippen molar-refractivity contribution in [1.82, 2.24) is 0 Å². The van der Waals surface area contributed by atoms with Gasteiger partial charge in [-0.3, -0.25) is 0 Å². The Hall–Kier alpha value is -0.940. The highest BCUT2D eigenvalue weighted by molar-refractivity contribution is 5.39. The van der Waals surface area contributed by atoms with Crippen LogP contribution in [0.4, 0.5) is 0 Å². The van der Waals surface area contributed by atoms with Crippen LogP contribution in [-0.4, -0.2) is 40.1 Å². The first-order valence-electron chi connectivity index (χ1n) is 8.90. The Kier molecular flexibility index (Phi) is 5.30. The Balaban J connectivity index is 2.05. The quantitative estimate of drug-likeness (QED) is 0.841. The fourth-order valence-electron chi connectivity index (χ4n) is 3.63. The molecule has 2 aliphatic heterocycles. The summed E-state index contributed by atoms with van der Waals surface area (Å²) in [6.45, 7) is 10.4. The molecule has 1 aromatic carbocycles. The number of hydrogen-bond acceptors (Lipinski definition) is 4. The van der Waals surface area contributed by atoms with Crippen molar-refractivity contribution in [3.63, 3.8) is 0 Å². The SMILES string of the molecule is COCC1(c2cc(C3OCCO3)cc(C(C)(C)C)c2)CCOCC1. The lowest BCUT2D eigenvalue weighted by Gasteiger charge is -2.38. The van der Waals surface area contributed by atoms with Gasteiger partial charge in [-0.1, -0.05) is 39.0 Å². The van der Waals surface area contributed by atoms with Gasteiger partial charge in [0.15, 0.2) is 6.29 Å². The van der Waals surface area contributed by atoms with E-state index < -0.39 is 0 Å². The molecule has 0 N–H and O–H groups in total. The summed E-state index contributed by atoms with van der Waals surface area (Å²) in [7, 11) is 1.79. The second-order valence-corrected chi connectivity index (χ2v) is 7.99. The van der Waals surface area contributed by atoms with E-state index in [1.54, 1.807) is 7.11 Å². The summed E-state index contributed by atoms with van der Waals surface area (Å²) in [5.41, 5.74) is 3.85. The standard InChI is InChI=1S/C20H30O4/c1-19(2,3)16-11-15(18-23-9-10-24-18)12-17(13-16)20(14-21-4)5-7-22-8-6-20/h11-13,18H,5-10,14H2,1-4H3. The largest absolute Gasteiger partial charge is 0.384 e. The van der Waals surface area contributed by atoms with Gasteiger partial charge in [-0.15, -0.1) is 0 Å². The molecule has 0 radical (unpaired) electrons. The van der Waals surface area contributed by atoms with Crippen LogP contribution in [0.2, 0.25) is 0 Å². The van der Waals surface area contributed by atoms with E-state index in [1.165, 1.54) is 11.1 Å². The van der Waals surface area contributed by atoms with Crippen molar-refractivity contribution in [2.45, 2.75) is 50.7 Å². The van der Waals surface area contributed by atoms with Gasteiger partial charge >= 0.3 is 0 Å². The van der Waals surface area contributed by atoms with Crippen LogP contribution in [0.15, 0.2) is 18.2 Å². The molecular formula is C20H30O4. The smallest absolute Gasteiger partial charge is 0.184 e. The molecule has 3 rings (SSSR count). The third kappa shape index (κ3) is 3.67. The van der Waals surface area contributed by atoms with Gasteiger partial charge in [0.05, 0.1) is 19.8 Å². The molecule has 0 saturated carbocycles. The van der Waals surface area contributed by atoms with E-state index in [4.69, 9.17) is 18.9 Å². The number of ether oxygens (including phenoxy) is 4. The Morgan fingerprint density at radius 2 is 1.71 bits per heavy atom. The van der Waals surface area contributed by atoms with E-state index in [-0.39, 0.29) is 17.1 Å². The van der Waals surface area contributed by atoms with E-state index >= 15 is 0 Å². The Morgan fingerprint density at radius 3 is 2.29 bits per heavy atom. The van der Waals surface area contributed by atoms with Crippen LogP contribution in [0, 0.1) is 0 Å². The average Bonchev–Trinajstić information content (AvgIpc) is 3.09. The van der Waals surface area contributed by atoms with Crippen molar-refractivity contribution < 1.29 is 18.9 Å². The molecule has 0 aliphatic carbocycles. The molecule has 134 valence electrons. The minimum Gasteiger partial charge on any atom is -0.384 e. The molecular weight excluding hydrogens is 304 g/mol. The second kappa shape index (κ2) is 7.12. The first kappa shape index (κ1) is 17.9. The van der Waals surface area contributed by atoms with Gasteiger partial charge in [0.1, 0.15) is 0 Å². The maximum atomic E-state index is 5.76. The summed E-state index contributed by atoms with van der Waals surface area (Å²) >= 11 is 0. The Morgan fingerprint density at radius 1 is 1.04 bits per heavy atom. The molecule has 0 bridgehead atoms. The first-order valence-corrected chi connectivity index (χ1v) is 8.90. The third-order valence-corrected chi connectivity index (χ3v) is 5.20. The number of benzene rings is 1. The highest BCUT2D eigenvalue weighted by Crippen LogP contribution is 2.39. The lowest BCUT2D eigenvalue weighted by atomic mass is 9.72. The van der Waals surface area contributed by atoms with Crippen molar-refractivity contribution in [1.29, 1.82) is 0 Å². The minimum absolute atomic E-state index is 0.0155. The van der Waals surface area contributed by atoms with Crippen LogP contribution in [-0.2, 0) is 29.8 Å². The molecule has 0 amide bonds. The van der Waals surface area contributed by atoms with Crippen molar-refractivity contribution in [2.24, 2.45) is 0 Å². The summed E-state index contributed by atoms with van der Waals surface area (Å²) < 4.78 is 22.8. The molecule has 2 fully saturated rings. The molecule has 2 saturated heterocycles. The zero-order valence-electron chi connectivity index (χ0n) is 15.4. The number of methoxy groups -OCH3 is 1. The Labute approximate surface area is 145 Å². The number of hydrogen-bond donors (Lipinski definition) is 0. The van der Waals surface area contributed by atoms with Crippen LogP contribution in [0.1, 0.15) is 56.6 Å². The monoisotopic (exact) mass is 334 g/mol. The lowest BCUT2D eigenvalue weighted by molar-refractivity contribution is -0.0444. The van der Waals surface area contributed by atoms with E-state index in [9.17, 15) is 0 Å². The molecule has 1 aromatic rings. The fourth-order valence-corrected chi connectivity index (χ4v) is 3.63. The maximum Gasteiger partial charge on any atom is 0.184 e. The van der Waals surface area contributed by atoms with Crippen LogP contribution in [0.3, 0.4) is 0 Å². The van der Waals surface area contributed by atoms with Gasteiger partial charge in [0, 0.05) is 31.3 Å². The van der Waals surface area contributed by atoms with Gasteiger partial charge < -0.3 is 18.9 Å². The molecule has 0 atom stereocenters. The lowest BCUT2D eigenvalue weighted by Crippen LogP contribution is -2.38. The molecule has 24 heavy (non-hydrogen) atoms. The summed E-state index contributed by atoms with van der Waals surface area (Å²) in [6, 6.07) is 6.84. The molecule has 0 unspecified atom stereocenters. The zero-order chi connectivity index (χ0) is 17.2. The van der Waals surface area contributed by atoms with Crippen LogP contribution < -0.4 is 0 Å². The molecule has 2 heterocycles. The maximum absolute atomic E-state index is 5.76. The predicted octanol–water partition coefficient (Wildman–Crippen LogP) is 3.72. The number of rotatable bonds is 4. The average molecular weight is 334 g/mol. The first-order chi connectivity index (χ1) is 11.4. The van der Waals surface area contributed by atoms with Crippen molar-refractivity contribution in [3.8, 4) is 0 Å². The molecule has 2 aliphatic rings. The van der Waals surface area contributed by atoms with Crippen molar-refractivity contribution in [2.75, 3.05) is 40.1 Å². The van der Waals surface area contributed by atoms with Gasteiger partial charge in [0.25, 0.3) is 0 Å². The van der Waals surface area contributed by atoms with E-state index in [2.05, 4.69) is 39.0 Å². The van der Waals surface area contributed by atoms with E-state index in [1.807, 2.05) is 0 Å². The molecule has 4 heteroatoms. The highest BCUT2D eigenvalue weighted by atomic mass is 16.7. The topological polar surface area (TPSA) is 36.9 Å². The molecule has 0 spiro atoms. The van der Waals surface area contributed by atoms with Gasteiger partial charge in [-0.2, -0.15) is 0 Å². The van der Waals surface area contributed by atoms with Crippen molar-refractivity contribution in [3.05, 3.63) is 34.9 Å². The predicted molar refractivity (Wildman–Crippen MR) is 93.4 cm³/mol. The van der Waals surface area contributed by atoms with Gasteiger partial charge in [-0.25, -0.2) is 0 Å². The fraction of sp³-hybridized carbons (Fsp3) is 0.700. The van der Waals surface area contributed by atoms with Crippen LogP contribution in [0.5, 0.6) is 0 Å². The van der Waals surface area contributed by atoms with E-state index in [0.29, 0.717) is 13.2 Å². The summed E-state index contributed by atoms with van der Waals surface area (Å²) in [4.78, 5) is 0. The molecule has 0 aromatic heterocycles. The van der Waals surface area contributed by atoms with Crippen molar-refractivity contribution >= 4 is 0 Å². The molecule has 4 nitrogen and oxygen atoms in total.